The van der Waals surface area contributed by atoms with E-state index in [1.165, 1.54) is 0 Å². The molecule has 0 fully saturated rings. The molecule has 0 saturated heterocycles. The predicted molar refractivity (Wildman–Crippen MR) is 3.43 cm³/mol. The van der Waals surface area contributed by atoms with Gasteiger partial charge in [0.25, 0.3) is 0 Å². The van der Waals surface area contributed by atoms with Crippen LogP contribution in [0.4, 0.5) is 0 Å². The van der Waals surface area contributed by atoms with Gasteiger partial charge in [0.15, 0.2) is 0 Å². The molecule has 0 N–H and O–H groups in total. The van der Waals surface area contributed by atoms with Gasteiger partial charge in [-0.05, 0) is 0 Å². The summed E-state index contributed by atoms with van der Waals surface area (Å²) in [5.41, 5.74) is 0. The number of hydrogen-bond acceptors (Lipinski definition) is 0. The minimum absolute atomic E-state index is 0. The molecular formula is Fe2Mn2O5Zn2. The van der Waals surface area contributed by atoms with Crippen LogP contribution in [0.2, 0.25) is 0 Å². The van der Waals surface area contributed by atoms with E-state index in [0.29, 0.717) is 0 Å². The van der Waals surface area contributed by atoms with Crippen molar-refractivity contribution >= 4 is 0 Å². The van der Waals surface area contributed by atoms with E-state index in [4.69, 9.17) is 0 Å². The van der Waals surface area contributed by atoms with E-state index in [1.807, 2.05) is 0 Å². The fourth-order valence-electron chi connectivity index (χ4n) is 0. The normalized spacial score (nSPS) is 0. The Morgan fingerprint density at radius 2 is 0.364 bits per heavy atom. The van der Waals surface area contributed by atoms with Crippen molar-refractivity contribution in [2.75, 3.05) is 0 Å². The van der Waals surface area contributed by atoms with Crippen molar-refractivity contribution in [1.82, 2.24) is 0 Å². The van der Waals surface area contributed by atoms with E-state index in [2.05, 4.69) is 0 Å². The Morgan fingerprint density at radius 3 is 0.364 bits per heavy atom. The van der Waals surface area contributed by atoms with E-state index < -0.39 is 0 Å². The Morgan fingerprint density at radius 1 is 0.364 bits per heavy atom. The molecule has 4 radical (unpaired) electrons. The van der Waals surface area contributed by atoms with Crippen LogP contribution in [0.15, 0.2) is 0 Å². The first-order valence-electron chi connectivity index (χ1n) is 0. The first-order chi connectivity index (χ1) is 0. The summed E-state index contributed by atoms with van der Waals surface area (Å²) in [6, 6.07) is 0. The third-order valence-electron chi connectivity index (χ3n) is 0. The summed E-state index contributed by atoms with van der Waals surface area (Å²) >= 11 is 0. The zero-order valence-electron chi connectivity index (χ0n) is 4.92. The predicted octanol–water partition coefficient (Wildman–Crippen LogP) is -0.609. The molecule has 0 saturated carbocycles. The van der Waals surface area contributed by atoms with Crippen LogP contribution in [-0.4, -0.2) is 0 Å². The van der Waals surface area contributed by atoms with Gasteiger partial charge in [-0.15, -0.1) is 0 Å². The average Bonchev–Trinajstić information content (AvgIpc) is 0. The Labute approximate surface area is 133 Å². The largest absolute Gasteiger partial charge is 3.00 e. The van der Waals surface area contributed by atoms with Crippen LogP contribution in [0.3, 0.4) is 0 Å². The fraction of sp³-hybridized carbons (Fsp3) is 0. The third kappa shape index (κ3) is 166. The molecule has 0 aromatic rings. The molecule has 0 aliphatic heterocycles. The van der Waals surface area contributed by atoms with Crippen LogP contribution in [0.25, 0.3) is 0 Å². The van der Waals surface area contributed by atoms with Crippen LogP contribution < -0.4 is 0 Å². The average molecular weight is 432 g/mol. The van der Waals surface area contributed by atoms with E-state index in [0.717, 1.165) is 0 Å². The SMILES string of the molecule is [Fe+3].[Fe+3].[Mn].[Mn].[O-2].[O-2].[O-2].[O-2].[O-2].[Zn+2].[Zn+2]. The number of hydrogen-bond donors (Lipinski definition) is 0. The van der Waals surface area contributed by atoms with Gasteiger partial charge in [-0.3, -0.25) is 0 Å². The molecule has 0 aromatic carbocycles. The Bertz CT molecular complexity index is 20.4. The molecule has 5 nitrogen and oxygen atoms in total. The van der Waals surface area contributed by atoms with Gasteiger partial charge in [-0.1, -0.05) is 0 Å². The first-order valence-corrected chi connectivity index (χ1v) is 0. The zero-order chi connectivity index (χ0) is 0. The maximum absolute atomic E-state index is 0. The summed E-state index contributed by atoms with van der Waals surface area (Å²) in [5.74, 6) is 0. The summed E-state index contributed by atoms with van der Waals surface area (Å²) in [4.78, 5) is 0. The molecule has 0 heterocycles. The second kappa shape index (κ2) is 198. The minimum Gasteiger partial charge on any atom is -2.00 e. The molecule has 0 spiro atoms. The Hall–Kier alpha value is 3.12. The van der Waals surface area contributed by atoms with Crippen LogP contribution in [0, 0.1) is 0 Å². The maximum Gasteiger partial charge on any atom is 3.00 e. The topological polar surface area (TPSA) is 142 Å². The van der Waals surface area contributed by atoms with Gasteiger partial charge < -0.3 is 27.4 Å². The van der Waals surface area contributed by atoms with Crippen molar-refractivity contribution in [3.05, 3.63) is 0 Å². The molecule has 0 unspecified atom stereocenters. The van der Waals surface area contributed by atoms with Gasteiger partial charge in [0.1, 0.15) is 0 Å². The van der Waals surface area contributed by atoms with Gasteiger partial charge in [0.2, 0.25) is 0 Å². The molecule has 0 aromatic heterocycles. The summed E-state index contributed by atoms with van der Waals surface area (Å²) in [6.45, 7) is 0. The van der Waals surface area contributed by atoms with Gasteiger partial charge in [0.05, 0.1) is 0 Å². The third-order valence-corrected chi connectivity index (χ3v) is 0. The molecule has 0 atom stereocenters. The quantitative estimate of drug-likeness (QED) is 0.450. The summed E-state index contributed by atoms with van der Waals surface area (Å²) in [6.07, 6.45) is 0. The van der Waals surface area contributed by atoms with E-state index in [9.17, 15) is 0 Å². The van der Waals surface area contributed by atoms with Crippen molar-refractivity contribution in [2.45, 2.75) is 0 Å². The van der Waals surface area contributed by atoms with Gasteiger partial charge in [-0.25, -0.2) is 0 Å². The molecule has 0 bridgehead atoms. The smallest absolute Gasteiger partial charge is 2.00 e. The van der Waals surface area contributed by atoms with Crippen LogP contribution in [0.1, 0.15) is 0 Å². The standard InChI is InChI=1S/2Fe.2Mn.5O.2Zn/q2*+3;;;5*-2;2*+2. The monoisotopic (exact) mass is 430 g/mol. The van der Waals surface area contributed by atoms with Crippen LogP contribution in [-0.2, 0) is 135 Å². The molecule has 11 heteroatoms. The van der Waals surface area contributed by atoms with Gasteiger partial charge in [-0.2, -0.15) is 0 Å². The Kier molecular flexibility index (Phi) is 4480. The zero-order valence-corrected chi connectivity index (χ0v) is 15.4. The Balaban J connectivity index is 0. The van der Waals surface area contributed by atoms with Crippen molar-refractivity contribution in [1.29, 1.82) is 0 Å². The van der Waals surface area contributed by atoms with Gasteiger partial charge >= 0.3 is 73.1 Å². The second-order valence-electron chi connectivity index (χ2n) is 0. The maximum atomic E-state index is 0. The van der Waals surface area contributed by atoms with E-state index >= 15 is 0 Å². The van der Waals surface area contributed by atoms with Crippen LogP contribution in [0.5, 0.6) is 0 Å². The van der Waals surface area contributed by atoms with Crippen molar-refractivity contribution in [3.63, 3.8) is 0 Å². The molecule has 11 heavy (non-hydrogen) atoms. The van der Waals surface area contributed by atoms with E-state index in [1.54, 1.807) is 0 Å². The molecular weight excluding hydrogens is 432 g/mol. The van der Waals surface area contributed by atoms with Crippen molar-refractivity contribution < 1.29 is 135 Å². The molecule has 0 rings (SSSR count). The first kappa shape index (κ1) is 249. The number of rotatable bonds is 0. The molecule has 64 valence electrons. The van der Waals surface area contributed by atoms with E-state index in [-0.39, 0.29) is 135 Å². The van der Waals surface area contributed by atoms with Crippen LogP contribution >= 0.6 is 0 Å². The molecule has 0 aliphatic carbocycles. The summed E-state index contributed by atoms with van der Waals surface area (Å²) < 4.78 is 0. The minimum atomic E-state index is 0. The van der Waals surface area contributed by atoms with Crippen molar-refractivity contribution in [2.24, 2.45) is 0 Å². The van der Waals surface area contributed by atoms with Gasteiger partial charge in [0, 0.05) is 34.1 Å². The molecule has 0 amide bonds. The fourth-order valence-corrected chi connectivity index (χ4v) is 0. The van der Waals surface area contributed by atoms with Crippen molar-refractivity contribution in [3.8, 4) is 0 Å². The summed E-state index contributed by atoms with van der Waals surface area (Å²) in [7, 11) is 0. The summed E-state index contributed by atoms with van der Waals surface area (Å²) in [5, 5.41) is 0. The second-order valence-corrected chi connectivity index (χ2v) is 0. The molecule has 0 aliphatic rings.